The molecule has 0 fully saturated rings. The summed E-state index contributed by atoms with van der Waals surface area (Å²) in [4.78, 5) is 27.8. The molecule has 0 aliphatic rings. The Kier molecular flexibility index (Phi) is 10.7. The van der Waals surface area contributed by atoms with Crippen molar-refractivity contribution < 1.29 is 14.3 Å². The molecule has 0 radical (unpaired) electrons. The molecule has 0 aromatic carbocycles. The highest BCUT2D eigenvalue weighted by Gasteiger charge is 2.19. The van der Waals surface area contributed by atoms with E-state index in [1.165, 1.54) is 6.92 Å². The molecule has 11 nitrogen and oxygen atoms in total. The average Bonchev–Trinajstić information content (AvgIpc) is 3.11. The highest BCUT2D eigenvalue weighted by molar-refractivity contribution is 5.81. The van der Waals surface area contributed by atoms with E-state index in [1.807, 2.05) is 0 Å². The molecule has 0 aliphatic heterocycles. The maximum Gasteiger partial charge on any atom is 0.237 e. The number of Topliss-reactive ketones (excluding diaryl/α,β-unsaturated/α-hetero) is 1. The van der Waals surface area contributed by atoms with Gasteiger partial charge in [-0.3, -0.25) is 14.6 Å². The number of carbonyl (C=O) groups is 2. The van der Waals surface area contributed by atoms with Gasteiger partial charge in [0, 0.05) is 20.3 Å². The fourth-order valence-electron chi connectivity index (χ4n) is 2.61. The van der Waals surface area contributed by atoms with Crippen LogP contribution in [0.15, 0.2) is 11.2 Å². The van der Waals surface area contributed by atoms with E-state index in [2.05, 4.69) is 20.6 Å². The minimum absolute atomic E-state index is 0.0145. The van der Waals surface area contributed by atoms with Gasteiger partial charge in [0.25, 0.3) is 0 Å². The van der Waals surface area contributed by atoms with Gasteiger partial charge in [0.15, 0.2) is 11.7 Å². The van der Waals surface area contributed by atoms with Crippen LogP contribution in [0.5, 0.6) is 0 Å². The molecule has 1 rings (SSSR count). The number of carbonyl (C=O) groups excluding carboxylic acids is 2. The number of ketones is 1. The molecule has 0 bridgehead atoms. The lowest BCUT2D eigenvalue weighted by atomic mass is 10.1. The number of hydrogen-bond donors (Lipinski definition) is 4. The second-order valence-corrected chi connectivity index (χ2v) is 6.58. The van der Waals surface area contributed by atoms with Crippen LogP contribution < -0.4 is 22.5 Å². The first-order valence-electron chi connectivity index (χ1n) is 9.34. The Morgan fingerprint density at radius 3 is 2.68 bits per heavy atom. The predicted octanol–water partition coefficient (Wildman–Crippen LogP) is -0.778. The van der Waals surface area contributed by atoms with E-state index in [4.69, 9.17) is 21.9 Å². The van der Waals surface area contributed by atoms with E-state index in [9.17, 15) is 9.59 Å². The number of rotatable bonds is 14. The van der Waals surface area contributed by atoms with Gasteiger partial charge in [-0.1, -0.05) is 5.21 Å². The van der Waals surface area contributed by atoms with Crippen LogP contribution in [0.3, 0.4) is 0 Å². The van der Waals surface area contributed by atoms with Crippen LogP contribution in [0.1, 0.15) is 50.8 Å². The Morgan fingerprint density at radius 1 is 1.29 bits per heavy atom. The van der Waals surface area contributed by atoms with Gasteiger partial charge in [0.2, 0.25) is 5.91 Å². The van der Waals surface area contributed by atoms with Crippen molar-refractivity contribution in [2.45, 2.75) is 57.7 Å². The number of hydrogen-bond acceptors (Lipinski definition) is 7. The Hall–Kier alpha value is -2.53. The molecule has 28 heavy (non-hydrogen) atoms. The quantitative estimate of drug-likeness (QED) is 0.180. The normalized spacial score (nSPS) is 13.0. The van der Waals surface area contributed by atoms with Crippen molar-refractivity contribution in [1.29, 1.82) is 0 Å². The van der Waals surface area contributed by atoms with E-state index in [1.54, 1.807) is 18.0 Å². The number of ether oxygens (including phenoxy) is 1. The zero-order chi connectivity index (χ0) is 20.9. The number of amides is 1. The van der Waals surface area contributed by atoms with Gasteiger partial charge in [-0.25, -0.2) is 4.68 Å². The van der Waals surface area contributed by atoms with Crippen molar-refractivity contribution in [3.63, 3.8) is 0 Å². The number of nitrogens with two attached hydrogens (primary N) is 3. The number of aliphatic imine (C=N–C) groups is 1. The number of nitrogens with zero attached hydrogens (tertiary/aromatic N) is 4. The Balaban J connectivity index is 2.46. The first-order chi connectivity index (χ1) is 13.3. The molecule has 1 amide bonds. The predicted molar refractivity (Wildman–Crippen MR) is 105 cm³/mol. The summed E-state index contributed by atoms with van der Waals surface area (Å²) >= 11 is 0. The van der Waals surface area contributed by atoms with Gasteiger partial charge in [-0.15, -0.1) is 5.10 Å². The van der Waals surface area contributed by atoms with Crippen molar-refractivity contribution in [3.05, 3.63) is 11.9 Å². The molecule has 0 saturated carbocycles. The maximum absolute atomic E-state index is 12.1. The minimum atomic E-state index is -0.657. The largest absolute Gasteiger partial charge is 0.385 e. The molecule has 0 saturated heterocycles. The number of unbranched alkanes of at least 4 members (excludes halogenated alkanes) is 1. The van der Waals surface area contributed by atoms with Crippen molar-refractivity contribution >= 4 is 17.6 Å². The summed E-state index contributed by atoms with van der Waals surface area (Å²) in [5.74, 6) is -0.258. The average molecular weight is 396 g/mol. The van der Waals surface area contributed by atoms with Crippen molar-refractivity contribution in [2.75, 3.05) is 20.3 Å². The van der Waals surface area contributed by atoms with Crippen LogP contribution in [0.4, 0.5) is 0 Å². The summed E-state index contributed by atoms with van der Waals surface area (Å²) in [6.07, 6.45) is 5.12. The van der Waals surface area contributed by atoms with Crippen LogP contribution in [-0.4, -0.2) is 58.9 Å². The van der Waals surface area contributed by atoms with Gasteiger partial charge in [0.1, 0.15) is 11.7 Å². The SMILES string of the molecule is COCCCCC(C(C)=O)n1cc(CNC(=O)C(N)CCCN=C(N)N)nn1. The monoisotopic (exact) mass is 396 g/mol. The van der Waals surface area contributed by atoms with E-state index in [0.29, 0.717) is 38.1 Å². The molecular formula is C17H32N8O3. The Labute approximate surface area is 165 Å². The van der Waals surface area contributed by atoms with Crippen molar-refractivity contribution in [1.82, 2.24) is 20.3 Å². The van der Waals surface area contributed by atoms with Gasteiger partial charge in [-0.05, 0) is 39.0 Å². The lowest BCUT2D eigenvalue weighted by Gasteiger charge is -2.13. The molecular weight excluding hydrogens is 364 g/mol. The fraction of sp³-hybridized carbons (Fsp3) is 0.706. The minimum Gasteiger partial charge on any atom is -0.385 e. The molecule has 1 aromatic heterocycles. The van der Waals surface area contributed by atoms with Crippen LogP contribution in [0, 0.1) is 0 Å². The van der Waals surface area contributed by atoms with E-state index in [0.717, 1.165) is 12.8 Å². The summed E-state index contributed by atoms with van der Waals surface area (Å²) in [5, 5.41) is 10.8. The molecule has 7 N–H and O–H groups in total. The smallest absolute Gasteiger partial charge is 0.237 e. The highest BCUT2D eigenvalue weighted by Crippen LogP contribution is 2.15. The number of aromatic nitrogens is 3. The Bertz CT molecular complexity index is 642. The zero-order valence-corrected chi connectivity index (χ0v) is 16.6. The molecule has 0 aliphatic carbocycles. The molecule has 2 atom stereocenters. The summed E-state index contributed by atoms with van der Waals surface area (Å²) < 4.78 is 6.57. The molecule has 0 spiro atoms. The number of guanidine groups is 1. The van der Waals surface area contributed by atoms with Crippen molar-refractivity contribution in [2.24, 2.45) is 22.2 Å². The second-order valence-electron chi connectivity index (χ2n) is 6.58. The van der Waals surface area contributed by atoms with E-state index in [-0.39, 0.29) is 30.2 Å². The molecule has 2 unspecified atom stereocenters. The molecule has 1 aromatic rings. The molecule has 158 valence electrons. The van der Waals surface area contributed by atoms with Crippen LogP contribution >= 0.6 is 0 Å². The lowest BCUT2D eigenvalue weighted by molar-refractivity contribution is -0.123. The van der Waals surface area contributed by atoms with Gasteiger partial charge < -0.3 is 27.3 Å². The van der Waals surface area contributed by atoms with Crippen molar-refractivity contribution in [3.8, 4) is 0 Å². The standard InChI is InChI=1S/C17H32N8O3/c1-12(26)15(7-3-4-9-28-2)25-11-13(23-24-25)10-22-16(27)14(18)6-5-8-21-17(19)20/h11,14-15H,3-10,18H2,1-2H3,(H,22,27)(H4,19,20,21). The summed E-state index contributed by atoms with van der Waals surface area (Å²) in [6, 6.07) is -1.03. The van der Waals surface area contributed by atoms with Gasteiger partial charge in [0.05, 0.1) is 18.8 Å². The zero-order valence-electron chi connectivity index (χ0n) is 16.6. The van der Waals surface area contributed by atoms with Crippen LogP contribution in [0.2, 0.25) is 0 Å². The fourth-order valence-corrected chi connectivity index (χ4v) is 2.61. The third-order valence-electron chi connectivity index (χ3n) is 4.17. The highest BCUT2D eigenvalue weighted by atomic mass is 16.5. The van der Waals surface area contributed by atoms with Gasteiger partial charge >= 0.3 is 0 Å². The second kappa shape index (κ2) is 12.8. The first kappa shape index (κ1) is 23.5. The summed E-state index contributed by atoms with van der Waals surface area (Å²) in [6.45, 7) is 2.81. The number of methoxy groups -OCH3 is 1. The third kappa shape index (κ3) is 8.91. The van der Waals surface area contributed by atoms with Crippen LogP contribution in [-0.2, 0) is 20.9 Å². The number of nitrogens with one attached hydrogen (secondary N) is 1. The van der Waals surface area contributed by atoms with Gasteiger partial charge in [-0.2, -0.15) is 0 Å². The van der Waals surface area contributed by atoms with Crippen LogP contribution in [0.25, 0.3) is 0 Å². The lowest BCUT2D eigenvalue weighted by Crippen LogP contribution is -2.40. The topological polar surface area (TPSA) is 177 Å². The van der Waals surface area contributed by atoms with E-state index < -0.39 is 6.04 Å². The Morgan fingerprint density at radius 2 is 2.04 bits per heavy atom. The summed E-state index contributed by atoms with van der Waals surface area (Å²) in [7, 11) is 1.65. The van der Waals surface area contributed by atoms with E-state index >= 15 is 0 Å². The summed E-state index contributed by atoms with van der Waals surface area (Å²) in [5.41, 5.74) is 16.9. The molecule has 1 heterocycles. The maximum atomic E-state index is 12.1. The molecule has 11 heteroatoms. The first-order valence-corrected chi connectivity index (χ1v) is 9.34. The third-order valence-corrected chi connectivity index (χ3v) is 4.17.